The van der Waals surface area contributed by atoms with Crippen LogP contribution in [0.1, 0.15) is 107 Å². The van der Waals surface area contributed by atoms with Gasteiger partial charge in [-0.3, -0.25) is 4.79 Å². The van der Waals surface area contributed by atoms with Crippen LogP contribution in [0.2, 0.25) is 0 Å². The van der Waals surface area contributed by atoms with Crippen LogP contribution in [-0.4, -0.2) is 29.4 Å². The van der Waals surface area contributed by atoms with Crippen molar-refractivity contribution in [3.8, 4) is 5.75 Å². The lowest BCUT2D eigenvalue weighted by Gasteiger charge is -2.34. The van der Waals surface area contributed by atoms with Crippen LogP contribution in [0.15, 0.2) is 42.5 Å². The van der Waals surface area contributed by atoms with Crippen molar-refractivity contribution in [1.29, 1.82) is 0 Å². The van der Waals surface area contributed by atoms with Crippen molar-refractivity contribution in [2.45, 2.75) is 110 Å². The summed E-state index contributed by atoms with van der Waals surface area (Å²) in [7, 11) is 0. The van der Waals surface area contributed by atoms with E-state index in [1.165, 1.54) is 35.6 Å². The number of aliphatic hydroxyl groups is 1. The monoisotopic (exact) mass is 506 g/mol. The Morgan fingerprint density at radius 2 is 1.62 bits per heavy atom. The highest BCUT2D eigenvalue weighted by Gasteiger charge is 2.32. The fourth-order valence-corrected chi connectivity index (χ4v) is 5.73. The molecule has 0 radical (unpaired) electrons. The Kier molecular flexibility index (Phi) is 10.0. The highest BCUT2D eigenvalue weighted by atomic mass is 16.6. The fraction of sp³-hybridized carbons (Fsp3) is 0.545. The highest BCUT2D eigenvalue weighted by molar-refractivity contribution is 5.66. The van der Waals surface area contributed by atoms with Gasteiger partial charge in [0.2, 0.25) is 0 Å². The minimum absolute atomic E-state index is 0.0957. The van der Waals surface area contributed by atoms with E-state index >= 15 is 0 Å². The third-order valence-electron chi connectivity index (χ3n) is 8.26. The predicted octanol–water partition coefficient (Wildman–Crippen LogP) is 7.84. The topological polar surface area (TPSA) is 55.8 Å². The number of carbonyl (C=O) groups is 1. The van der Waals surface area contributed by atoms with Gasteiger partial charge in [0, 0.05) is 12.3 Å². The van der Waals surface area contributed by atoms with Gasteiger partial charge in [-0.15, -0.1) is 0 Å². The molecule has 0 aliphatic heterocycles. The van der Waals surface area contributed by atoms with Crippen molar-refractivity contribution >= 4 is 12.0 Å². The summed E-state index contributed by atoms with van der Waals surface area (Å²) in [4.78, 5) is 11.3. The quantitative estimate of drug-likeness (QED) is 0.315. The number of hydrogen-bond donors (Lipinski definition) is 1. The Labute approximate surface area is 224 Å². The zero-order valence-corrected chi connectivity index (χ0v) is 23.7. The Morgan fingerprint density at radius 1 is 1.00 bits per heavy atom. The second-order valence-corrected chi connectivity index (χ2v) is 10.8. The molecule has 1 saturated carbocycles. The maximum atomic E-state index is 11.3. The first kappa shape index (κ1) is 29.0. The Balaban J connectivity index is 1.84. The van der Waals surface area contributed by atoms with Crippen LogP contribution in [0.3, 0.4) is 0 Å². The Hall–Kier alpha value is -2.59. The lowest BCUT2D eigenvalue weighted by atomic mass is 9.70. The summed E-state index contributed by atoms with van der Waals surface area (Å²) in [5.41, 5.74) is 5.33. The molecule has 2 aromatic carbocycles. The molecule has 1 N–H and O–H groups in total. The molecule has 0 amide bonds. The maximum Gasteiger partial charge on any atom is 0.303 e. The number of aryl methyl sites for hydroxylation is 2. The molecule has 1 fully saturated rings. The molecule has 1 aliphatic carbocycles. The minimum Gasteiger partial charge on any atom is -0.489 e. The number of benzene rings is 2. The molecular formula is C33H46O4. The number of ether oxygens (including phenoxy) is 2. The molecule has 1 aliphatic rings. The van der Waals surface area contributed by atoms with Crippen LogP contribution in [0.4, 0.5) is 0 Å². The van der Waals surface area contributed by atoms with Gasteiger partial charge >= 0.3 is 5.97 Å². The number of hydrogen-bond acceptors (Lipinski definition) is 4. The third kappa shape index (κ3) is 7.04. The van der Waals surface area contributed by atoms with Crippen LogP contribution in [0.25, 0.3) is 6.08 Å². The zero-order chi connectivity index (χ0) is 27.1. The second kappa shape index (κ2) is 12.8. The number of rotatable bonds is 11. The second-order valence-electron chi connectivity index (χ2n) is 10.8. The van der Waals surface area contributed by atoms with Gasteiger partial charge < -0.3 is 14.6 Å². The summed E-state index contributed by atoms with van der Waals surface area (Å²) in [6.07, 6.45) is 11.7. The van der Waals surface area contributed by atoms with E-state index in [0.29, 0.717) is 6.61 Å². The Morgan fingerprint density at radius 3 is 2.16 bits per heavy atom. The first-order valence-corrected chi connectivity index (χ1v) is 14.1. The van der Waals surface area contributed by atoms with Crippen molar-refractivity contribution in [2.75, 3.05) is 6.61 Å². The first-order chi connectivity index (χ1) is 17.7. The summed E-state index contributed by atoms with van der Waals surface area (Å²) in [6.45, 7) is 12.5. The first-order valence-electron chi connectivity index (χ1n) is 14.1. The molecule has 4 heteroatoms. The van der Waals surface area contributed by atoms with Crippen LogP contribution in [0.5, 0.6) is 5.75 Å². The molecule has 3 rings (SSSR count). The largest absolute Gasteiger partial charge is 0.489 e. The minimum atomic E-state index is -0.656. The van der Waals surface area contributed by atoms with E-state index in [4.69, 9.17) is 9.47 Å². The molecule has 0 saturated heterocycles. The van der Waals surface area contributed by atoms with Crippen LogP contribution in [0, 0.1) is 13.8 Å². The van der Waals surface area contributed by atoms with Crippen molar-refractivity contribution in [3.05, 3.63) is 70.3 Å². The molecule has 0 aromatic heterocycles. The zero-order valence-electron chi connectivity index (χ0n) is 23.7. The standard InChI is InChI=1S/C33H46O4/c1-7-30(37-26(6)34)23-36-31-16-15-29(22-25(31)5)33(8-2,9-3)28-14-13-27(24(4)21-28)17-20-32(35)18-11-10-12-19-32/h13-17,20-22,30,35H,7-12,18-19,23H2,1-6H3/t30-/m0/s1. The van der Waals surface area contributed by atoms with Crippen molar-refractivity contribution < 1.29 is 19.4 Å². The average Bonchev–Trinajstić information content (AvgIpc) is 2.88. The molecule has 0 spiro atoms. The molecule has 2 aromatic rings. The van der Waals surface area contributed by atoms with Gasteiger partial charge in [-0.1, -0.05) is 82.5 Å². The summed E-state index contributed by atoms with van der Waals surface area (Å²) < 4.78 is 11.4. The molecule has 37 heavy (non-hydrogen) atoms. The normalized spacial score (nSPS) is 16.5. The highest BCUT2D eigenvalue weighted by Crippen LogP contribution is 2.41. The molecule has 1 atom stereocenters. The lowest BCUT2D eigenvalue weighted by molar-refractivity contribution is -0.147. The van der Waals surface area contributed by atoms with Gasteiger partial charge in [0.1, 0.15) is 18.5 Å². The van der Waals surface area contributed by atoms with Gasteiger partial charge in [0.05, 0.1) is 5.60 Å². The molecule has 0 unspecified atom stereocenters. The molecule has 0 heterocycles. The SMILES string of the molecule is CC[C@@H](COc1ccc(C(CC)(CC)c2ccc(C=CC3(O)CCCCC3)c(C)c2)cc1C)OC(C)=O. The Bertz CT molecular complexity index is 1070. The summed E-state index contributed by atoms with van der Waals surface area (Å²) in [6, 6.07) is 13.3. The van der Waals surface area contributed by atoms with E-state index in [9.17, 15) is 9.90 Å². The third-order valence-corrected chi connectivity index (χ3v) is 8.26. The smallest absolute Gasteiger partial charge is 0.303 e. The van der Waals surface area contributed by atoms with E-state index in [1.807, 2.05) is 13.0 Å². The van der Waals surface area contributed by atoms with Gasteiger partial charge in [0.15, 0.2) is 0 Å². The maximum absolute atomic E-state index is 11.3. The van der Waals surface area contributed by atoms with E-state index in [1.54, 1.807) is 0 Å². The van der Waals surface area contributed by atoms with Crippen molar-refractivity contribution in [1.82, 2.24) is 0 Å². The summed E-state index contributed by atoms with van der Waals surface area (Å²) in [5.74, 6) is 0.549. The summed E-state index contributed by atoms with van der Waals surface area (Å²) >= 11 is 0. The van der Waals surface area contributed by atoms with E-state index < -0.39 is 5.60 Å². The van der Waals surface area contributed by atoms with Crippen molar-refractivity contribution in [3.63, 3.8) is 0 Å². The lowest BCUT2D eigenvalue weighted by Crippen LogP contribution is -2.28. The molecule has 202 valence electrons. The van der Waals surface area contributed by atoms with Gasteiger partial charge in [-0.2, -0.15) is 0 Å². The van der Waals surface area contributed by atoms with Crippen molar-refractivity contribution in [2.24, 2.45) is 0 Å². The van der Waals surface area contributed by atoms with Crippen LogP contribution >= 0.6 is 0 Å². The van der Waals surface area contributed by atoms with E-state index in [2.05, 4.69) is 70.2 Å². The number of esters is 1. The van der Waals surface area contributed by atoms with Gasteiger partial charge in [-0.25, -0.2) is 0 Å². The van der Waals surface area contributed by atoms with Crippen LogP contribution < -0.4 is 4.74 Å². The average molecular weight is 507 g/mol. The van der Waals surface area contributed by atoms with E-state index in [0.717, 1.165) is 56.3 Å². The van der Waals surface area contributed by atoms with Crippen LogP contribution in [-0.2, 0) is 14.9 Å². The van der Waals surface area contributed by atoms with Gasteiger partial charge in [-0.05, 0) is 79.8 Å². The molecule has 4 nitrogen and oxygen atoms in total. The molecular weight excluding hydrogens is 460 g/mol. The predicted molar refractivity (Wildman–Crippen MR) is 152 cm³/mol. The van der Waals surface area contributed by atoms with E-state index in [-0.39, 0.29) is 17.5 Å². The fourth-order valence-electron chi connectivity index (χ4n) is 5.73. The van der Waals surface area contributed by atoms with Gasteiger partial charge in [0.25, 0.3) is 0 Å². The number of carbonyl (C=O) groups excluding carboxylic acids is 1. The summed E-state index contributed by atoms with van der Waals surface area (Å²) in [5, 5.41) is 10.9. The molecule has 0 bridgehead atoms.